The van der Waals surface area contributed by atoms with E-state index in [0.29, 0.717) is 13.0 Å². The molecule has 0 radical (unpaired) electrons. The minimum Gasteiger partial charge on any atom is -0.370 e. The highest BCUT2D eigenvalue weighted by atomic mass is 16.1. The summed E-state index contributed by atoms with van der Waals surface area (Å²) in [5, 5.41) is 4.74. The molecule has 3 N–H and O–H groups in total. The van der Waals surface area contributed by atoms with E-state index in [4.69, 9.17) is 5.73 Å². The highest BCUT2D eigenvalue weighted by molar-refractivity contribution is 5.81. The van der Waals surface area contributed by atoms with Gasteiger partial charge in [-0.3, -0.25) is 4.79 Å². The highest BCUT2D eigenvalue weighted by Crippen LogP contribution is 2.21. The molecule has 1 amide bonds. The zero-order valence-corrected chi connectivity index (χ0v) is 10.9. The van der Waals surface area contributed by atoms with Crippen LogP contribution in [0.2, 0.25) is 0 Å². The van der Waals surface area contributed by atoms with Gasteiger partial charge in [0, 0.05) is 37.3 Å². The molecule has 0 unspecified atom stereocenters. The van der Waals surface area contributed by atoms with Crippen LogP contribution in [0.4, 0.5) is 0 Å². The van der Waals surface area contributed by atoms with Crippen molar-refractivity contribution in [2.45, 2.75) is 38.4 Å². The number of aryl methyl sites for hydroxylation is 1. The van der Waals surface area contributed by atoms with Gasteiger partial charge in [-0.15, -0.1) is 0 Å². The number of hydrogen-bond donors (Lipinski definition) is 2. The molecule has 100 valence electrons. The first-order chi connectivity index (χ1) is 9.22. The molecule has 0 saturated heterocycles. The quantitative estimate of drug-likeness (QED) is 0.828. The Kier molecular flexibility index (Phi) is 3.25. The van der Waals surface area contributed by atoms with Crippen molar-refractivity contribution in [3.63, 3.8) is 0 Å². The summed E-state index contributed by atoms with van der Waals surface area (Å²) < 4.78 is 2.08. The van der Waals surface area contributed by atoms with Crippen LogP contribution >= 0.6 is 0 Å². The summed E-state index contributed by atoms with van der Waals surface area (Å²) in [6, 6.07) is 9.32. The van der Waals surface area contributed by atoms with Crippen molar-refractivity contribution in [2.24, 2.45) is 5.73 Å². The van der Waals surface area contributed by atoms with Gasteiger partial charge in [0.25, 0.3) is 0 Å². The minimum atomic E-state index is -0.257. The Balaban J connectivity index is 1.74. The van der Waals surface area contributed by atoms with Gasteiger partial charge < -0.3 is 15.6 Å². The third-order valence-corrected chi connectivity index (χ3v) is 3.61. The zero-order chi connectivity index (χ0) is 13.2. The molecule has 4 heteroatoms. The number of nitrogens with two attached hydrogens (primary N) is 1. The van der Waals surface area contributed by atoms with Crippen LogP contribution in [0.3, 0.4) is 0 Å². The van der Waals surface area contributed by atoms with Crippen LogP contribution in [-0.2, 0) is 17.9 Å². The lowest BCUT2D eigenvalue weighted by Crippen LogP contribution is -2.15. The number of amides is 1. The number of nitrogens with zero attached hydrogens (tertiary/aromatic N) is 1. The molecule has 1 heterocycles. The normalized spacial score (nSPS) is 14.9. The smallest absolute Gasteiger partial charge is 0.219 e. The second-order valence-electron chi connectivity index (χ2n) is 5.27. The molecule has 0 bridgehead atoms. The number of carbonyl (C=O) groups is 1. The molecule has 0 spiro atoms. The van der Waals surface area contributed by atoms with Crippen molar-refractivity contribution >= 4 is 16.8 Å². The third kappa shape index (κ3) is 2.96. The van der Waals surface area contributed by atoms with Gasteiger partial charge in [0.15, 0.2) is 0 Å². The molecule has 0 aliphatic heterocycles. The molecule has 1 aliphatic carbocycles. The Labute approximate surface area is 112 Å². The Morgan fingerprint density at radius 2 is 2.21 bits per heavy atom. The van der Waals surface area contributed by atoms with Gasteiger partial charge in [0.2, 0.25) is 5.91 Å². The number of carbonyl (C=O) groups excluding carboxylic acids is 1. The number of aromatic nitrogens is 1. The van der Waals surface area contributed by atoms with E-state index in [1.54, 1.807) is 0 Å². The van der Waals surface area contributed by atoms with E-state index >= 15 is 0 Å². The maximum absolute atomic E-state index is 10.8. The predicted molar refractivity (Wildman–Crippen MR) is 75.6 cm³/mol. The van der Waals surface area contributed by atoms with E-state index < -0.39 is 0 Å². The van der Waals surface area contributed by atoms with Crippen LogP contribution < -0.4 is 11.1 Å². The fraction of sp³-hybridized carbons (Fsp3) is 0.400. The lowest BCUT2D eigenvalue weighted by Gasteiger charge is -2.06. The monoisotopic (exact) mass is 257 g/mol. The SMILES string of the molecule is NC(=O)CCn1ccc2cc(CNC3CC3)ccc21. The highest BCUT2D eigenvalue weighted by Gasteiger charge is 2.19. The molecule has 2 aromatic rings. The molecule has 3 rings (SSSR count). The van der Waals surface area contributed by atoms with E-state index in [2.05, 4.69) is 34.1 Å². The maximum atomic E-state index is 10.8. The van der Waals surface area contributed by atoms with Gasteiger partial charge in [-0.1, -0.05) is 6.07 Å². The second kappa shape index (κ2) is 5.05. The van der Waals surface area contributed by atoms with Crippen molar-refractivity contribution < 1.29 is 4.79 Å². The van der Waals surface area contributed by atoms with Crippen molar-refractivity contribution in [3.8, 4) is 0 Å². The molecule has 1 aromatic heterocycles. The number of benzene rings is 1. The predicted octanol–water partition coefficient (Wildman–Crippen LogP) is 1.77. The fourth-order valence-electron chi connectivity index (χ4n) is 2.33. The Morgan fingerprint density at radius 1 is 1.37 bits per heavy atom. The Hall–Kier alpha value is -1.81. The lowest BCUT2D eigenvalue weighted by atomic mass is 10.1. The summed E-state index contributed by atoms with van der Waals surface area (Å²) in [5.41, 5.74) is 7.67. The van der Waals surface area contributed by atoms with Crippen LogP contribution in [0.15, 0.2) is 30.5 Å². The van der Waals surface area contributed by atoms with E-state index in [1.807, 2.05) is 6.20 Å². The first-order valence-corrected chi connectivity index (χ1v) is 6.82. The first-order valence-electron chi connectivity index (χ1n) is 6.82. The average Bonchev–Trinajstić information content (AvgIpc) is 3.14. The van der Waals surface area contributed by atoms with Crippen molar-refractivity contribution in [1.29, 1.82) is 0 Å². The van der Waals surface area contributed by atoms with Crippen molar-refractivity contribution in [1.82, 2.24) is 9.88 Å². The molecule has 19 heavy (non-hydrogen) atoms. The summed E-state index contributed by atoms with van der Waals surface area (Å²) in [7, 11) is 0. The van der Waals surface area contributed by atoms with Gasteiger partial charge in [0.05, 0.1) is 0 Å². The summed E-state index contributed by atoms with van der Waals surface area (Å²) in [5.74, 6) is -0.257. The minimum absolute atomic E-state index is 0.257. The lowest BCUT2D eigenvalue weighted by molar-refractivity contribution is -0.118. The van der Waals surface area contributed by atoms with Gasteiger partial charge in [-0.2, -0.15) is 0 Å². The summed E-state index contributed by atoms with van der Waals surface area (Å²) in [6.07, 6.45) is 5.03. The molecule has 0 atom stereocenters. The molecule has 1 aliphatic rings. The van der Waals surface area contributed by atoms with Crippen LogP contribution in [0.5, 0.6) is 0 Å². The average molecular weight is 257 g/mol. The van der Waals surface area contributed by atoms with Gasteiger partial charge in [0.1, 0.15) is 0 Å². The molecular formula is C15H19N3O. The second-order valence-corrected chi connectivity index (χ2v) is 5.27. The first kappa shape index (κ1) is 12.2. The zero-order valence-electron chi connectivity index (χ0n) is 10.9. The molecule has 1 fully saturated rings. The Morgan fingerprint density at radius 3 is 2.95 bits per heavy atom. The topological polar surface area (TPSA) is 60.1 Å². The molecule has 1 saturated carbocycles. The van der Waals surface area contributed by atoms with E-state index in [-0.39, 0.29) is 5.91 Å². The van der Waals surface area contributed by atoms with Gasteiger partial charge in [-0.05, 0) is 42.0 Å². The van der Waals surface area contributed by atoms with Crippen LogP contribution in [0.1, 0.15) is 24.8 Å². The number of hydrogen-bond acceptors (Lipinski definition) is 2. The fourth-order valence-corrected chi connectivity index (χ4v) is 2.33. The number of fused-ring (bicyclic) bond motifs is 1. The van der Waals surface area contributed by atoms with E-state index in [0.717, 1.165) is 18.1 Å². The van der Waals surface area contributed by atoms with Gasteiger partial charge >= 0.3 is 0 Å². The molecule has 1 aromatic carbocycles. The number of nitrogens with one attached hydrogen (secondary N) is 1. The summed E-state index contributed by atoms with van der Waals surface area (Å²) in [4.78, 5) is 10.8. The maximum Gasteiger partial charge on any atom is 0.219 e. The van der Waals surface area contributed by atoms with Crippen molar-refractivity contribution in [3.05, 3.63) is 36.0 Å². The standard InChI is InChI=1S/C15H19N3O/c16-15(19)6-8-18-7-5-12-9-11(1-4-14(12)18)10-17-13-2-3-13/h1,4-5,7,9,13,17H,2-3,6,8,10H2,(H2,16,19). The Bertz CT molecular complexity index is 598. The van der Waals surface area contributed by atoms with E-state index in [1.165, 1.54) is 23.8 Å². The summed E-state index contributed by atoms with van der Waals surface area (Å²) >= 11 is 0. The number of primary amides is 1. The van der Waals surface area contributed by atoms with Gasteiger partial charge in [-0.25, -0.2) is 0 Å². The van der Waals surface area contributed by atoms with Crippen LogP contribution in [0, 0.1) is 0 Å². The largest absolute Gasteiger partial charge is 0.370 e. The van der Waals surface area contributed by atoms with Crippen LogP contribution in [0.25, 0.3) is 10.9 Å². The third-order valence-electron chi connectivity index (χ3n) is 3.61. The summed E-state index contributed by atoms with van der Waals surface area (Å²) in [6.45, 7) is 1.59. The van der Waals surface area contributed by atoms with Crippen LogP contribution in [-0.4, -0.2) is 16.5 Å². The molecular weight excluding hydrogens is 238 g/mol. The van der Waals surface area contributed by atoms with Crippen molar-refractivity contribution in [2.75, 3.05) is 0 Å². The molecule has 4 nitrogen and oxygen atoms in total. The van der Waals surface area contributed by atoms with E-state index in [9.17, 15) is 4.79 Å². The number of rotatable bonds is 6.